The molecule has 1 aliphatic heterocycles. The first-order valence-corrected chi connectivity index (χ1v) is 9.87. The van der Waals surface area contributed by atoms with E-state index in [2.05, 4.69) is 0 Å². The molecule has 10 heteroatoms. The molecule has 2 aliphatic rings. The number of benzene rings is 1. The summed E-state index contributed by atoms with van der Waals surface area (Å²) in [5.41, 5.74) is 3.20. The van der Waals surface area contributed by atoms with Crippen LogP contribution in [-0.4, -0.2) is 71.8 Å². The summed E-state index contributed by atoms with van der Waals surface area (Å²) in [6, 6.07) is 6.75. The molecule has 1 saturated carbocycles. The minimum atomic E-state index is -2.65. The fourth-order valence-corrected chi connectivity index (χ4v) is 3.98. The lowest BCUT2D eigenvalue weighted by atomic mass is 9.91. The molecule has 2 aromatic rings. The van der Waals surface area contributed by atoms with Gasteiger partial charge in [0.25, 0.3) is 0 Å². The molecule has 0 amide bonds. The van der Waals surface area contributed by atoms with Crippen molar-refractivity contribution >= 4 is 16.9 Å². The topological polar surface area (TPSA) is 179 Å². The first kappa shape index (κ1) is 22.5. The van der Waals surface area contributed by atoms with Gasteiger partial charge < -0.3 is 45.7 Å². The second kappa shape index (κ2) is 8.88. The van der Waals surface area contributed by atoms with Gasteiger partial charge in [0, 0.05) is 17.6 Å². The van der Waals surface area contributed by atoms with Gasteiger partial charge in [-0.25, -0.2) is 4.79 Å². The van der Waals surface area contributed by atoms with Crippen LogP contribution in [0.2, 0.25) is 0 Å². The Labute approximate surface area is 172 Å². The van der Waals surface area contributed by atoms with E-state index >= 15 is 0 Å². The molecule has 0 spiro atoms. The number of nitrogens with zero attached hydrogens (tertiary/aromatic N) is 1. The molecule has 8 N–H and O–H groups in total. The summed E-state index contributed by atoms with van der Waals surface area (Å²) in [4.78, 5) is 11.4. The Bertz CT molecular complexity index is 881. The molecule has 1 aliphatic carbocycles. The molecule has 2 heterocycles. The van der Waals surface area contributed by atoms with Gasteiger partial charge in [0.05, 0.1) is 5.52 Å². The van der Waals surface area contributed by atoms with Crippen LogP contribution >= 0.6 is 0 Å². The van der Waals surface area contributed by atoms with E-state index in [1.165, 1.54) is 44.2 Å². The Hall–Kier alpha value is -2.21. The smallest absolute Gasteiger partial charge is 0.338 e. The molecule has 166 valence electrons. The first-order valence-electron chi connectivity index (χ1n) is 9.87. The van der Waals surface area contributed by atoms with Crippen molar-refractivity contribution in [1.29, 1.82) is 0 Å². The van der Waals surface area contributed by atoms with Gasteiger partial charge in [-0.2, -0.15) is 0 Å². The van der Waals surface area contributed by atoms with Crippen molar-refractivity contribution in [3.8, 4) is 5.75 Å². The number of carbonyl (C=O) groups is 1. The molecule has 4 rings (SSSR count). The highest BCUT2D eigenvalue weighted by Gasteiger charge is 2.59. The van der Waals surface area contributed by atoms with Crippen LogP contribution in [0.15, 0.2) is 30.5 Å². The zero-order chi connectivity index (χ0) is 22.1. The second-order valence-corrected chi connectivity index (χ2v) is 7.76. The fourth-order valence-electron chi connectivity index (χ4n) is 3.98. The average molecular weight is 424 g/mol. The first-order chi connectivity index (χ1) is 14.2. The second-order valence-electron chi connectivity index (χ2n) is 7.76. The SMILES string of the molecule is NC1CCCCC1.O=C(O)[C@H]1O[C@@H](O)[C@H](O)[C@@H](O)[C@@]1(O)n1cc(O)c2ccccc21. The molecular weight excluding hydrogens is 396 g/mol. The number of nitrogens with two attached hydrogens (primary N) is 1. The summed E-state index contributed by atoms with van der Waals surface area (Å²) in [5.74, 6) is -1.92. The number of hydrogen-bond donors (Lipinski definition) is 7. The van der Waals surface area contributed by atoms with Gasteiger partial charge in [-0.05, 0) is 25.0 Å². The summed E-state index contributed by atoms with van der Waals surface area (Å²) in [6.07, 6.45) is -0.400. The number of fused-ring (bicyclic) bond motifs is 1. The summed E-state index contributed by atoms with van der Waals surface area (Å²) in [6.45, 7) is 0. The molecular formula is C20H28N2O8. The molecule has 2 fully saturated rings. The van der Waals surface area contributed by atoms with E-state index < -0.39 is 36.3 Å². The number of carboxylic acids is 1. The lowest BCUT2D eigenvalue weighted by Crippen LogP contribution is -2.68. The lowest BCUT2D eigenvalue weighted by Gasteiger charge is -2.46. The molecule has 0 radical (unpaired) electrons. The molecule has 30 heavy (non-hydrogen) atoms. The van der Waals surface area contributed by atoms with Crippen molar-refractivity contribution in [3.63, 3.8) is 0 Å². The number of aliphatic hydroxyl groups is 4. The highest BCUT2D eigenvalue weighted by molar-refractivity contribution is 5.87. The van der Waals surface area contributed by atoms with Crippen molar-refractivity contribution in [3.05, 3.63) is 30.5 Å². The normalized spacial score (nSPS) is 32.4. The Morgan fingerprint density at radius 1 is 1.13 bits per heavy atom. The molecule has 1 aromatic carbocycles. The van der Waals surface area contributed by atoms with E-state index in [9.17, 15) is 35.4 Å². The van der Waals surface area contributed by atoms with Crippen LogP contribution in [0.25, 0.3) is 10.9 Å². The number of carboxylic acid groups (broad SMARTS) is 1. The maximum absolute atomic E-state index is 11.4. The van der Waals surface area contributed by atoms with E-state index in [1.54, 1.807) is 12.1 Å². The minimum absolute atomic E-state index is 0.213. The van der Waals surface area contributed by atoms with Gasteiger partial charge in [-0.15, -0.1) is 0 Å². The van der Waals surface area contributed by atoms with E-state index in [-0.39, 0.29) is 11.3 Å². The minimum Gasteiger partial charge on any atom is -0.506 e. The van der Waals surface area contributed by atoms with E-state index in [4.69, 9.17) is 10.5 Å². The van der Waals surface area contributed by atoms with Gasteiger partial charge in [-0.1, -0.05) is 31.4 Å². The number of aliphatic carboxylic acids is 1. The van der Waals surface area contributed by atoms with Crippen LogP contribution in [-0.2, 0) is 15.3 Å². The van der Waals surface area contributed by atoms with Crippen LogP contribution in [0.1, 0.15) is 32.1 Å². The van der Waals surface area contributed by atoms with Gasteiger partial charge in [0.1, 0.15) is 18.0 Å². The van der Waals surface area contributed by atoms with Crippen molar-refractivity contribution < 1.29 is 40.2 Å². The Morgan fingerprint density at radius 2 is 1.77 bits per heavy atom. The summed E-state index contributed by atoms with van der Waals surface area (Å²) in [7, 11) is 0. The zero-order valence-corrected chi connectivity index (χ0v) is 16.3. The van der Waals surface area contributed by atoms with Crippen LogP contribution in [0, 0.1) is 0 Å². The number of hydrogen-bond acceptors (Lipinski definition) is 8. The Kier molecular flexibility index (Phi) is 6.65. The molecule has 0 unspecified atom stereocenters. The van der Waals surface area contributed by atoms with Crippen LogP contribution in [0.5, 0.6) is 5.75 Å². The largest absolute Gasteiger partial charge is 0.506 e. The van der Waals surface area contributed by atoms with Crippen LogP contribution in [0.3, 0.4) is 0 Å². The third-order valence-corrected chi connectivity index (χ3v) is 5.66. The van der Waals surface area contributed by atoms with Crippen LogP contribution in [0.4, 0.5) is 0 Å². The van der Waals surface area contributed by atoms with Crippen molar-refractivity contribution in [2.75, 3.05) is 0 Å². The van der Waals surface area contributed by atoms with E-state index in [0.717, 1.165) is 10.8 Å². The number of para-hydroxylation sites is 1. The third kappa shape index (κ3) is 4.02. The Balaban J connectivity index is 0.000000310. The number of rotatable bonds is 2. The highest BCUT2D eigenvalue weighted by Crippen LogP contribution is 2.39. The fraction of sp³-hybridized carbons (Fsp3) is 0.550. The molecule has 5 atom stereocenters. The van der Waals surface area contributed by atoms with Crippen molar-refractivity contribution in [2.45, 2.75) is 68.5 Å². The van der Waals surface area contributed by atoms with Crippen LogP contribution < -0.4 is 5.73 Å². The maximum atomic E-state index is 11.4. The maximum Gasteiger partial charge on any atom is 0.338 e. The Morgan fingerprint density at radius 3 is 2.33 bits per heavy atom. The molecule has 1 aromatic heterocycles. The van der Waals surface area contributed by atoms with Gasteiger partial charge >= 0.3 is 5.97 Å². The van der Waals surface area contributed by atoms with Gasteiger partial charge in [0.2, 0.25) is 11.8 Å². The van der Waals surface area contributed by atoms with Crippen molar-refractivity contribution in [1.82, 2.24) is 4.57 Å². The van der Waals surface area contributed by atoms with Crippen molar-refractivity contribution in [2.24, 2.45) is 5.73 Å². The molecule has 10 nitrogen and oxygen atoms in total. The quantitative estimate of drug-likeness (QED) is 0.343. The standard InChI is InChI=1S/C14H15NO8.C6H13N/c16-8-5-15(7-4-2-1-3-6(7)8)14(22)10(18)9(17)13(21)23-11(14)12(19)20;7-6-4-2-1-3-5-6/h1-5,9-11,13,16-18,21-22H,(H,19,20);6H,1-5,7H2/t9-,10-,11-,13-,14+;/m1./s1. The van der Waals surface area contributed by atoms with Gasteiger partial charge in [0.15, 0.2) is 6.29 Å². The third-order valence-electron chi connectivity index (χ3n) is 5.66. The monoisotopic (exact) mass is 424 g/mol. The number of aromatic nitrogens is 1. The van der Waals surface area contributed by atoms with Gasteiger partial charge in [-0.3, -0.25) is 0 Å². The average Bonchev–Trinajstić information content (AvgIpc) is 3.07. The van der Waals surface area contributed by atoms with E-state index in [0.29, 0.717) is 11.4 Å². The number of aromatic hydroxyl groups is 1. The lowest BCUT2D eigenvalue weighted by molar-refractivity contribution is -0.335. The predicted octanol–water partition coefficient (Wildman–Crippen LogP) is -0.207. The zero-order valence-electron chi connectivity index (χ0n) is 16.3. The highest BCUT2D eigenvalue weighted by atomic mass is 16.6. The summed E-state index contributed by atoms with van der Waals surface area (Å²) >= 11 is 0. The summed E-state index contributed by atoms with van der Waals surface area (Å²) < 4.78 is 5.67. The molecule has 1 saturated heterocycles. The number of aliphatic hydroxyl groups excluding tert-OH is 3. The van der Waals surface area contributed by atoms with E-state index in [1.807, 2.05) is 0 Å². The summed E-state index contributed by atoms with van der Waals surface area (Å²) in [5, 5.41) is 59.9. The number of ether oxygens (including phenoxy) is 1. The predicted molar refractivity (Wildman–Crippen MR) is 105 cm³/mol. The molecule has 0 bridgehead atoms.